The molecule has 0 radical (unpaired) electrons. The van der Waals surface area contributed by atoms with Crippen LogP contribution in [0.4, 0.5) is 4.79 Å². The van der Waals surface area contributed by atoms with Crippen LogP contribution in [-0.2, 0) is 30.4 Å². The summed E-state index contributed by atoms with van der Waals surface area (Å²) in [7, 11) is 2.72. The van der Waals surface area contributed by atoms with Gasteiger partial charge in [-0.15, -0.1) is 0 Å². The molecule has 0 spiro atoms. The Balaban J connectivity index is 2.76. The van der Waals surface area contributed by atoms with Gasteiger partial charge in [0.05, 0.1) is 18.7 Å². The predicted octanol–water partition coefficient (Wildman–Crippen LogP) is 2.86. The molecule has 33 heavy (non-hydrogen) atoms. The summed E-state index contributed by atoms with van der Waals surface area (Å²) < 4.78 is 14.8. The van der Waals surface area contributed by atoms with Crippen molar-refractivity contribution in [2.45, 2.75) is 59.2 Å². The zero-order valence-electron chi connectivity index (χ0n) is 20.3. The molecular formula is C24H36N2O7. The third-order valence-corrected chi connectivity index (χ3v) is 4.76. The lowest BCUT2D eigenvalue weighted by Crippen LogP contribution is -2.52. The van der Waals surface area contributed by atoms with Crippen molar-refractivity contribution in [2.75, 3.05) is 20.8 Å². The molecule has 184 valence electrons. The van der Waals surface area contributed by atoms with Crippen LogP contribution < -0.4 is 10.6 Å². The van der Waals surface area contributed by atoms with Crippen molar-refractivity contribution in [1.82, 2.24) is 10.6 Å². The van der Waals surface area contributed by atoms with Crippen molar-refractivity contribution in [3.8, 4) is 0 Å². The maximum atomic E-state index is 12.9. The molecule has 0 bridgehead atoms. The molecule has 0 aliphatic rings. The Kier molecular flexibility index (Phi) is 12.1. The number of ketones is 1. The van der Waals surface area contributed by atoms with E-state index in [0.717, 1.165) is 0 Å². The highest BCUT2D eigenvalue weighted by Gasteiger charge is 2.28. The van der Waals surface area contributed by atoms with Crippen LogP contribution in [0.5, 0.6) is 0 Å². The molecular weight excluding hydrogens is 428 g/mol. The fourth-order valence-electron chi connectivity index (χ4n) is 3.15. The lowest BCUT2D eigenvalue weighted by Gasteiger charge is -2.24. The van der Waals surface area contributed by atoms with E-state index in [1.807, 2.05) is 27.7 Å². The third kappa shape index (κ3) is 10.5. The van der Waals surface area contributed by atoms with Crippen molar-refractivity contribution >= 4 is 23.8 Å². The van der Waals surface area contributed by atoms with Crippen LogP contribution in [0.15, 0.2) is 24.3 Å². The SMILES string of the molecule is COCC(=O)[C@H](CC(C)C)NC(=O)[C@H](CC(C)C)NC(=O)OCc1ccc(C(=O)OC)cc1. The minimum absolute atomic E-state index is 0.0361. The normalized spacial score (nSPS) is 12.7. The van der Waals surface area contributed by atoms with Gasteiger partial charge in [-0.1, -0.05) is 39.8 Å². The molecule has 0 aliphatic carbocycles. The molecule has 2 amide bonds. The molecule has 0 aliphatic heterocycles. The number of Topliss-reactive ketones (excluding diaryl/α,β-unsaturated/α-hetero) is 1. The maximum Gasteiger partial charge on any atom is 0.408 e. The Bertz CT molecular complexity index is 791. The molecule has 9 heteroatoms. The standard InChI is InChI=1S/C24H36N2O7/c1-15(2)11-19(21(27)14-31-5)25-22(28)20(12-16(3)4)26-24(30)33-13-17-7-9-18(10-8-17)23(29)32-6/h7-10,15-16,19-20H,11-14H2,1-6H3,(H,25,28)(H,26,30)/t19-,20-/m0/s1. The summed E-state index contributed by atoms with van der Waals surface area (Å²) in [5.41, 5.74) is 1.06. The molecule has 0 aromatic heterocycles. The molecule has 1 rings (SSSR count). The Morgan fingerprint density at radius 2 is 1.42 bits per heavy atom. The van der Waals surface area contributed by atoms with E-state index in [2.05, 4.69) is 15.4 Å². The zero-order valence-corrected chi connectivity index (χ0v) is 20.3. The van der Waals surface area contributed by atoms with Crippen LogP contribution >= 0.6 is 0 Å². The first kappa shape index (κ1) is 28.1. The first-order valence-electron chi connectivity index (χ1n) is 11.0. The molecule has 0 saturated heterocycles. The average molecular weight is 465 g/mol. The van der Waals surface area contributed by atoms with Crippen molar-refractivity contribution in [3.05, 3.63) is 35.4 Å². The number of nitrogens with one attached hydrogen (secondary N) is 2. The number of methoxy groups -OCH3 is 2. The summed E-state index contributed by atoms with van der Waals surface area (Å²) in [6.45, 7) is 7.63. The number of hydrogen-bond acceptors (Lipinski definition) is 7. The van der Waals surface area contributed by atoms with Crippen LogP contribution in [0.3, 0.4) is 0 Å². The van der Waals surface area contributed by atoms with E-state index >= 15 is 0 Å². The zero-order chi connectivity index (χ0) is 25.0. The number of carbonyl (C=O) groups excluding carboxylic acids is 4. The summed E-state index contributed by atoms with van der Waals surface area (Å²) in [6, 6.07) is 4.89. The molecule has 0 fully saturated rings. The Morgan fingerprint density at radius 1 is 0.848 bits per heavy atom. The van der Waals surface area contributed by atoms with Gasteiger partial charge in [-0.05, 0) is 42.4 Å². The van der Waals surface area contributed by atoms with E-state index in [9.17, 15) is 19.2 Å². The molecule has 1 aromatic carbocycles. The second-order valence-corrected chi connectivity index (χ2v) is 8.68. The van der Waals surface area contributed by atoms with Gasteiger partial charge in [0.15, 0.2) is 5.78 Å². The Morgan fingerprint density at radius 3 is 1.94 bits per heavy atom. The lowest BCUT2D eigenvalue weighted by molar-refractivity contribution is -0.131. The minimum Gasteiger partial charge on any atom is -0.465 e. The minimum atomic E-state index is -0.857. The molecule has 2 N–H and O–H groups in total. The van der Waals surface area contributed by atoms with Gasteiger partial charge in [-0.3, -0.25) is 9.59 Å². The summed E-state index contributed by atoms with van der Waals surface area (Å²) in [5, 5.41) is 5.35. The van der Waals surface area contributed by atoms with Gasteiger partial charge in [-0.25, -0.2) is 9.59 Å². The lowest BCUT2D eigenvalue weighted by atomic mass is 9.98. The van der Waals surface area contributed by atoms with E-state index in [-0.39, 0.29) is 30.8 Å². The van der Waals surface area contributed by atoms with Crippen molar-refractivity contribution < 1.29 is 33.4 Å². The van der Waals surface area contributed by atoms with Gasteiger partial charge in [0.1, 0.15) is 19.3 Å². The van der Waals surface area contributed by atoms with E-state index in [4.69, 9.17) is 9.47 Å². The Labute approximate surface area is 195 Å². The maximum absolute atomic E-state index is 12.9. The molecule has 0 unspecified atom stereocenters. The third-order valence-electron chi connectivity index (χ3n) is 4.76. The fourth-order valence-corrected chi connectivity index (χ4v) is 3.15. The number of esters is 1. The average Bonchev–Trinajstić information content (AvgIpc) is 2.76. The second kappa shape index (κ2) is 14.3. The van der Waals surface area contributed by atoms with Crippen molar-refractivity contribution in [3.63, 3.8) is 0 Å². The smallest absolute Gasteiger partial charge is 0.408 e. The van der Waals surface area contributed by atoms with Crippen LogP contribution in [0.25, 0.3) is 0 Å². The summed E-state index contributed by atoms with van der Waals surface area (Å²) in [5.74, 6) is -0.824. The van der Waals surface area contributed by atoms with Gasteiger partial charge in [0.25, 0.3) is 0 Å². The predicted molar refractivity (Wildman–Crippen MR) is 123 cm³/mol. The summed E-state index contributed by atoms with van der Waals surface area (Å²) >= 11 is 0. The van der Waals surface area contributed by atoms with E-state index in [1.54, 1.807) is 24.3 Å². The van der Waals surface area contributed by atoms with Crippen LogP contribution in [0.1, 0.15) is 56.5 Å². The van der Waals surface area contributed by atoms with Crippen LogP contribution in [0, 0.1) is 11.8 Å². The van der Waals surface area contributed by atoms with Crippen molar-refractivity contribution in [1.29, 1.82) is 0 Å². The number of rotatable bonds is 13. The largest absolute Gasteiger partial charge is 0.465 e. The number of amides is 2. The number of hydrogen-bond donors (Lipinski definition) is 2. The highest BCUT2D eigenvalue weighted by Crippen LogP contribution is 2.11. The number of carbonyl (C=O) groups is 4. The van der Waals surface area contributed by atoms with E-state index in [0.29, 0.717) is 24.0 Å². The molecule has 0 saturated carbocycles. The summed E-state index contributed by atoms with van der Waals surface area (Å²) in [4.78, 5) is 49.1. The summed E-state index contributed by atoms with van der Waals surface area (Å²) in [6.07, 6.45) is 0.0900. The first-order chi connectivity index (χ1) is 15.6. The van der Waals surface area contributed by atoms with Crippen LogP contribution in [-0.4, -0.2) is 56.7 Å². The van der Waals surface area contributed by atoms with Gasteiger partial charge in [-0.2, -0.15) is 0 Å². The highest BCUT2D eigenvalue weighted by molar-refractivity contribution is 5.92. The quantitative estimate of drug-likeness (QED) is 0.431. The molecule has 0 heterocycles. The molecule has 9 nitrogen and oxygen atoms in total. The van der Waals surface area contributed by atoms with E-state index in [1.165, 1.54) is 14.2 Å². The van der Waals surface area contributed by atoms with Crippen LogP contribution in [0.2, 0.25) is 0 Å². The van der Waals surface area contributed by atoms with Gasteiger partial charge in [0.2, 0.25) is 5.91 Å². The Hall–Kier alpha value is -2.94. The first-order valence-corrected chi connectivity index (χ1v) is 11.0. The number of ether oxygens (including phenoxy) is 3. The number of alkyl carbamates (subject to hydrolysis) is 1. The highest BCUT2D eigenvalue weighted by atomic mass is 16.5. The van der Waals surface area contributed by atoms with E-state index < -0.39 is 30.1 Å². The van der Waals surface area contributed by atoms with Gasteiger partial charge >= 0.3 is 12.1 Å². The monoisotopic (exact) mass is 464 g/mol. The molecule has 2 atom stereocenters. The van der Waals surface area contributed by atoms with Crippen molar-refractivity contribution in [2.24, 2.45) is 11.8 Å². The van der Waals surface area contributed by atoms with Gasteiger partial charge < -0.3 is 24.8 Å². The second-order valence-electron chi connectivity index (χ2n) is 8.68. The topological polar surface area (TPSA) is 120 Å². The van der Waals surface area contributed by atoms with Gasteiger partial charge in [0, 0.05) is 7.11 Å². The molecule has 1 aromatic rings. The fraction of sp³-hybridized carbons (Fsp3) is 0.583. The number of benzene rings is 1.